The second-order valence-corrected chi connectivity index (χ2v) is 3.95. The number of carboxylic acids is 2. The van der Waals surface area contributed by atoms with Crippen LogP contribution in [0.5, 0.6) is 0 Å². The Labute approximate surface area is 102 Å². The van der Waals surface area contributed by atoms with Gasteiger partial charge in [-0.25, -0.2) is 19.6 Å². The van der Waals surface area contributed by atoms with Crippen LogP contribution in [0.4, 0.5) is 0 Å². The Morgan fingerprint density at radius 2 is 1.61 bits per heavy atom. The first-order valence-corrected chi connectivity index (χ1v) is 5.14. The van der Waals surface area contributed by atoms with Crippen molar-refractivity contribution in [2.24, 2.45) is 7.05 Å². The Morgan fingerprint density at radius 1 is 1.06 bits per heavy atom. The van der Waals surface area contributed by atoms with E-state index in [0.29, 0.717) is 11.5 Å². The Balaban J connectivity index is 3.03. The van der Waals surface area contributed by atoms with Crippen molar-refractivity contribution in [3.8, 4) is 0 Å². The number of hydrogen-bond acceptors (Lipinski definition) is 4. The highest BCUT2D eigenvalue weighted by molar-refractivity contribution is 6.10. The Hall–Kier alpha value is -2.44. The van der Waals surface area contributed by atoms with E-state index in [1.807, 2.05) is 0 Å². The van der Waals surface area contributed by atoms with Crippen molar-refractivity contribution >= 4 is 23.1 Å². The van der Waals surface area contributed by atoms with Gasteiger partial charge < -0.3 is 14.8 Å². The molecule has 7 heteroatoms. The minimum absolute atomic E-state index is 0.102. The number of pyridine rings is 1. The molecule has 0 aliphatic carbocycles. The monoisotopic (exact) mass is 249 g/mol. The lowest BCUT2D eigenvalue weighted by Gasteiger charge is -2.06. The maximum atomic E-state index is 11.3. The molecule has 0 saturated heterocycles. The minimum Gasteiger partial charge on any atom is -0.478 e. The van der Waals surface area contributed by atoms with E-state index in [1.54, 1.807) is 18.5 Å². The van der Waals surface area contributed by atoms with E-state index in [-0.39, 0.29) is 22.3 Å². The summed E-state index contributed by atoms with van der Waals surface area (Å²) in [6.45, 7) is 3.17. The molecule has 0 aliphatic heterocycles. The summed E-state index contributed by atoms with van der Waals surface area (Å²) in [5, 5.41) is 18.3. The lowest BCUT2D eigenvalue weighted by molar-refractivity contribution is 0.0652. The van der Waals surface area contributed by atoms with Crippen LogP contribution in [0.1, 0.15) is 32.2 Å². The van der Waals surface area contributed by atoms with Gasteiger partial charge in [0.1, 0.15) is 16.9 Å². The van der Waals surface area contributed by atoms with Crippen molar-refractivity contribution in [2.45, 2.75) is 13.8 Å². The fraction of sp³-hybridized carbons (Fsp3) is 0.273. The zero-order chi connectivity index (χ0) is 13.6. The number of carbonyl (C=O) groups is 2. The quantitative estimate of drug-likeness (QED) is 0.821. The van der Waals surface area contributed by atoms with Crippen LogP contribution < -0.4 is 0 Å². The molecule has 2 rings (SSSR count). The fourth-order valence-electron chi connectivity index (χ4n) is 1.88. The van der Waals surface area contributed by atoms with Gasteiger partial charge in [0.15, 0.2) is 5.65 Å². The zero-order valence-corrected chi connectivity index (χ0v) is 10.1. The van der Waals surface area contributed by atoms with Gasteiger partial charge in [-0.15, -0.1) is 0 Å². The van der Waals surface area contributed by atoms with E-state index in [1.165, 1.54) is 6.92 Å². The van der Waals surface area contributed by atoms with Gasteiger partial charge in [0.05, 0.1) is 11.3 Å². The number of hydrogen-bond donors (Lipinski definition) is 2. The van der Waals surface area contributed by atoms with Crippen molar-refractivity contribution in [2.75, 3.05) is 0 Å². The molecule has 94 valence electrons. The first kappa shape index (κ1) is 12.0. The van der Waals surface area contributed by atoms with Crippen LogP contribution in [-0.4, -0.2) is 36.7 Å². The molecular formula is C11H11N3O4. The number of rotatable bonds is 2. The van der Waals surface area contributed by atoms with E-state index in [0.717, 1.165) is 0 Å². The number of fused-ring (bicyclic) bond motifs is 1. The maximum Gasteiger partial charge on any atom is 0.339 e. The Kier molecular flexibility index (Phi) is 2.54. The third-order valence-corrected chi connectivity index (χ3v) is 2.84. The van der Waals surface area contributed by atoms with Gasteiger partial charge in [-0.2, -0.15) is 0 Å². The predicted molar refractivity (Wildman–Crippen MR) is 61.9 cm³/mol. The topological polar surface area (TPSA) is 105 Å². The number of aromatic carboxylic acids is 2. The van der Waals surface area contributed by atoms with Crippen LogP contribution >= 0.6 is 0 Å². The van der Waals surface area contributed by atoms with Crippen LogP contribution in [0.3, 0.4) is 0 Å². The summed E-state index contributed by atoms with van der Waals surface area (Å²) in [4.78, 5) is 30.6. The van der Waals surface area contributed by atoms with Gasteiger partial charge >= 0.3 is 11.9 Å². The van der Waals surface area contributed by atoms with Crippen LogP contribution in [0.15, 0.2) is 0 Å². The van der Waals surface area contributed by atoms with Crippen LogP contribution in [0.2, 0.25) is 0 Å². The summed E-state index contributed by atoms with van der Waals surface area (Å²) >= 11 is 0. The Morgan fingerprint density at radius 3 is 2.11 bits per heavy atom. The molecule has 0 aliphatic rings. The number of imidazole rings is 1. The third-order valence-electron chi connectivity index (χ3n) is 2.84. The first-order valence-electron chi connectivity index (χ1n) is 5.14. The summed E-state index contributed by atoms with van der Waals surface area (Å²) in [7, 11) is 1.70. The molecule has 0 amide bonds. The molecule has 2 heterocycles. The highest BCUT2D eigenvalue weighted by Crippen LogP contribution is 2.23. The van der Waals surface area contributed by atoms with E-state index < -0.39 is 11.9 Å². The number of aromatic nitrogens is 3. The molecule has 0 spiro atoms. The second-order valence-electron chi connectivity index (χ2n) is 3.95. The van der Waals surface area contributed by atoms with Crippen molar-refractivity contribution < 1.29 is 19.8 Å². The summed E-state index contributed by atoms with van der Waals surface area (Å²) < 4.78 is 1.63. The van der Waals surface area contributed by atoms with Gasteiger partial charge in [-0.05, 0) is 13.8 Å². The van der Waals surface area contributed by atoms with Gasteiger partial charge in [0.25, 0.3) is 0 Å². The van der Waals surface area contributed by atoms with E-state index in [4.69, 9.17) is 5.11 Å². The lowest BCUT2D eigenvalue weighted by Crippen LogP contribution is -2.13. The molecule has 2 N–H and O–H groups in total. The Bertz CT molecular complexity index is 687. The standard InChI is InChI=1S/C11H11N3O4/c1-4-6(10(15)16)7(11(17)18)8-9(12-4)14(3)5(2)13-8/h1-3H3,(H,15,16)(H,17,18). The van der Waals surface area contributed by atoms with E-state index in [9.17, 15) is 14.7 Å². The minimum atomic E-state index is -1.32. The SMILES string of the molecule is Cc1nc2c(nc(C)n2C)c(C(=O)O)c1C(=O)O. The molecule has 2 aromatic rings. The van der Waals surface area contributed by atoms with Crippen LogP contribution in [-0.2, 0) is 7.05 Å². The first-order chi connectivity index (χ1) is 8.34. The van der Waals surface area contributed by atoms with Crippen molar-refractivity contribution in [1.29, 1.82) is 0 Å². The molecule has 0 fully saturated rings. The summed E-state index contributed by atoms with van der Waals surface area (Å²) in [5.74, 6) is -2.06. The molecule has 18 heavy (non-hydrogen) atoms. The predicted octanol–water partition coefficient (Wildman–Crippen LogP) is 0.982. The van der Waals surface area contributed by atoms with Crippen molar-refractivity contribution in [1.82, 2.24) is 14.5 Å². The molecule has 2 aromatic heterocycles. The molecule has 0 radical (unpaired) electrons. The second kappa shape index (κ2) is 3.80. The third kappa shape index (κ3) is 1.52. The van der Waals surface area contributed by atoms with Gasteiger partial charge in [0.2, 0.25) is 0 Å². The average molecular weight is 249 g/mol. The van der Waals surface area contributed by atoms with Crippen LogP contribution in [0, 0.1) is 13.8 Å². The molecule has 0 atom stereocenters. The molecule has 0 bridgehead atoms. The molecule has 0 unspecified atom stereocenters. The molecule has 0 aromatic carbocycles. The van der Waals surface area contributed by atoms with Crippen molar-refractivity contribution in [3.63, 3.8) is 0 Å². The molecular weight excluding hydrogens is 238 g/mol. The highest BCUT2D eigenvalue weighted by Gasteiger charge is 2.26. The highest BCUT2D eigenvalue weighted by atomic mass is 16.4. The summed E-state index contributed by atoms with van der Waals surface area (Å²) in [5.41, 5.74) is 0.00935. The van der Waals surface area contributed by atoms with Gasteiger partial charge in [-0.1, -0.05) is 0 Å². The van der Waals surface area contributed by atoms with Crippen molar-refractivity contribution in [3.05, 3.63) is 22.6 Å². The van der Waals surface area contributed by atoms with Gasteiger partial charge in [0, 0.05) is 7.05 Å². The smallest absolute Gasteiger partial charge is 0.339 e. The largest absolute Gasteiger partial charge is 0.478 e. The van der Waals surface area contributed by atoms with E-state index >= 15 is 0 Å². The normalized spacial score (nSPS) is 10.8. The number of carboxylic acid groups (broad SMARTS) is 2. The summed E-state index contributed by atoms with van der Waals surface area (Å²) in [6.07, 6.45) is 0. The fourth-order valence-corrected chi connectivity index (χ4v) is 1.88. The zero-order valence-electron chi connectivity index (χ0n) is 10.1. The lowest BCUT2D eigenvalue weighted by atomic mass is 10.1. The maximum absolute atomic E-state index is 11.3. The van der Waals surface area contributed by atoms with Crippen LogP contribution in [0.25, 0.3) is 11.2 Å². The van der Waals surface area contributed by atoms with Gasteiger partial charge in [-0.3, -0.25) is 0 Å². The number of aryl methyl sites for hydroxylation is 3. The molecule has 7 nitrogen and oxygen atoms in total. The number of nitrogens with zero attached hydrogens (tertiary/aromatic N) is 3. The average Bonchev–Trinajstić information content (AvgIpc) is 2.53. The molecule has 0 saturated carbocycles. The summed E-state index contributed by atoms with van der Waals surface area (Å²) in [6, 6.07) is 0. The van der Waals surface area contributed by atoms with E-state index in [2.05, 4.69) is 9.97 Å².